The molecule has 6 nitrogen and oxygen atoms in total. The van der Waals surface area contributed by atoms with Crippen LogP contribution in [-0.2, 0) is 19.1 Å². The van der Waals surface area contributed by atoms with Crippen LogP contribution in [0, 0.1) is 23.7 Å². The Hall–Kier alpha value is -1.59. The minimum absolute atomic E-state index is 0.0653. The molecule has 0 aliphatic heterocycles. The summed E-state index contributed by atoms with van der Waals surface area (Å²) in [5.74, 6) is -4.57. The highest BCUT2D eigenvalue weighted by molar-refractivity contribution is 5.82. The molecule has 0 saturated heterocycles. The van der Waals surface area contributed by atoms with Gasteiger partial charge in [-0.1, -0.05) is 19.3 Å². The highest BCUT2D eigenvalue weighted by Crippen LogP contribution is 2.35. The smallest absolute Gasteiger partial charge is 0.308 e. The first-order valence-corrected chi connectivity index (χ1v) is 8.11. The number of hydrogen-bond acceptors (Lipinski definition) is 4. The summed E-state index contributed by atoms with van der Waals surface area (Å²) in [6.45, 7) is 0.412. The van der Waals surface area contributed by atoms with Crippen LogP contribution in [-0.4, -0.2) is 34.7 Å². The molecule has 3 atom stereocenters. The molecular weight excluding hydrogens is 288 g/mol. The van der Waals surface area contributed by atoms with E-state index in [9.17, 15) is 19.5 Å². The van der Waals surface area contributed by atoms with Gasteiger partial charge in [0.1, 0.15) is 0 Å². The molecule has 124 valence electrons. The molecule has 0 bridgehead atoms. The van der Waals surface area contributed by atoms with Crippen molar-refractivity contribution in [2.45, 2.75) is 51.4 Å². The predicted octanol–water partition coefficient (Wildman–Crippen LogP) is 2.31. The largest absolute Gasteiger partial charge is 0.481 e. The minimum atomic E-state index is -1.14. The molecule has 2 rings (SSSR count). The molecule has 2 fully saturated rings. The van der Waals surface area contributed by atoms with Crippen molar-refractivity contribution < 1.29 is 29.3 Å². The summed E-state index contributed by atoms with van der Waals surface area (Å²) >= 11 is 0. The second-order valence-electron chi connectivity index (χ2n) is 6.53. The van der Waals surface area contributed by atoms with Crippen molar-refractivity contribution in [1.29, 1.82) is 0 Å². The van der Waals surface area contributed by atoms with Gasteiger partial charge >= 0.3 is 17.9 Å². The van der Waals surface area contributed by atoms with E-state index in [1.165, 1.54) is 19.3 Å². The van der Waals surface area contributed by atoms with Crippen molar-refractivity contribution in [1.82, 2.24) is 0 Å². The molecule has 0 heterocycles. The first kappa shape index (κ1) is 16.8. The van der Waals surface area contributed by atoms with Gasteiger partial charge in [-0.25, -0.2) is 0 Å². The quantitative estimate of drug-likeness (QED) is 0.755. The standard InChI is InChI=1S/C16H24O6/c17-14(18)12-7-6-11(8-13(12)15(19)20)16(21)22-9-10-4-2-1-3-5-10/h10-13H,1-9H2,(H,17,18)(H,19,20). The van der Waals surface area contributed by atoms with E-state index in [0.717, 1.165) is 12.8 Å². The zero-order chi connectivity index (χ0) is 16.1. The molecule has 2 N–H and O–H groups in total. The number of carbonyl (C=O) groups is 3. The maximum atomic E-state index is 12.1. The number of carboxylic acids is 2. The van der Waals surface area contributed by atoms with E-state index < -0.39 is 29.7 Å². The second kappa shape index (κ2) is 7.61. The van der Waals surface area contributed by atoms with Crippen LogP contribution in [0.25, 0.3) is 0 Å². The normalized spacial score (nSPS) is 29.7. The summed E-state index contributed by atoms with van der Waals surface area (Å²) in [4.78, 5) is 34.4. The number of ether oxygens (including phenoxy) is 1. The highest BCUT2D eigenvalue weighted by Gasteiger charge is 2.42. The van der Waals surface area contributed by atoms with Gasteiger partial charge in [0.15, 0.2) is 0 Å². The van der Waals surface area contributed by atoms with Crippen molar-refractivity contribution >= 4 is 17.9 Å². The van der Waals surface area contributed by atoms with E-state index in [-0.39, 0.29) is 18.8 Å². The first-order chi connectivity index (χ1) is 10.5. The molecule has 0 spiro atoms. The second-order valence-corrected chi connectivity index (χ2v) is 6.53. The number of aliphatic carboxylic acids is 2. The number of rotatable bonds is 5. The van der Waals surface area contributed by atoms with Gasteiger partial charge in [-0.3, -0.25) is 14.4 Å². The predicted molar refractivity (Wildman–Crippen MR) is 77.1 cm³/mol. The van der Waals surface area contributed by atoms with Crippen molar-refractivity contribution in [3.05, 3.63) is 0 Å². The summed E-state index contributed by atoms with van der Waals surface area (Å²) in [6, 6.07) is 0. The van der Waals surface area contributed by atoms with Crippen LogP contribution >= 0.6 is 0 Å². The van der Waals surface area contributed by atoms with Crippen molar-refractivity contribution in [2.75, 3.05) is 6.61 Å². The van der Waals surface area contributed by atoms with Gasteiger partial charge < -0.3 is 14.9 Å². The summed E-state index contributed by atoms with van der Waals surface area (Å²) in [7, 11) is 0. The third kappa shape index (κ3) is 4.21. The van der Waals surface area contributed by atoms with E-state index >= 15 is 0 Å². The fourth-order valence-corrected chi connectivity index (χ4v) is 3.62. The molecule has 2 aliphatic carbocycles. The molecule has 2 saturated carbocycles. The van der Waals surface area contributed by atoms with E-state index in [1.54, 1.807) is 0 Å². The highest BCUT2D eigenvalue weighted by atomic mass is 16.5. The van der Waals surface area contributed by atoms with Gasteiger partial charge in [-0.2, -0.15) is 0 Å². The lowest BCUT2D eigenvalue weighted by atomic mass is 9.74. The first-order valence-electron chi connectivity index (χ1n) is 8.11. The van der Waals surface area contributed by atoms with Crippen molar-refractivity contribution in [3.63, 3.8) is 0 Å². The van der Waals surface area contributed by atoms with Crippen molar-refractivity contribution in [2.24, 2.45) is 23.7 Å². The summed E-state index contributed by atoms with van der Waals surface area (Å²) in [6.07, 6.45) is 6.42. The third-order valence-electron chi connectivity index (χ3n) is 5.00. The Morgan fingerprint density at radius 1 is 0.864 bits per heavy atom. The Morgan fingerprint density at radius 3 is 2.09 bits per heavy atom. The fourth-order valence-electron chi connectivity index (χ4n) is 3.62. The van der Waals surface area contributed by atoms with E-state index in [0.29, 0.717) is 18.9 Å². The van der Waals surface area contributed by atoms with Gasteiger partial charge in [0, 0.05) is 0 Å². The lowest BCUT2D eigenvalue weighted by Crippen LogP contribution is -2.38. The molecule has 0 aromatic heterocycles. The van der Waals surface area contributed by atoms with Gasteiger partial charge in [-0.15, -0.1) is 0 Å². The Kier molecular flexibility index (Phi) is 5.80. The van der Waals surface area contributed by atoms with E-state index in [2.05, 4.69) is 0 Å². The lowest BCUT2D eigenvalue weighted by Gasteiger charge is -2.30. The van der Waals surface area contributed by atoms with Crippen LogP contribution in [0.15, 0.2) is 0 Å². The van der Waals surface area contributed by atoms with Crippen LogP contribution in [0.3, 0.4) is 0 Å². The van der Waals surface area contributed by atoms with Crippen LogP contribution < -0.4 is 0 Å². The maximum Gasteiger partial charge on any atom is 0.308 e. The molecule has 6 heteroatoms. The van der Waals surface area contributed by atoms with Crippen LogP contribution in [0.5, 0.6) is 0 Å². The van der Waals surface area contributed by atoms with Gasteiger partial charge in [-0.05, 0) is 38.0 Å². The van der Waals surface area contributed by atoms with Gasteiger partial charge in [0.2, 0.25) is 0 Å². The molecule has 0 radical (unpaired) electrons. The molecule has 0 aromatic carbocycles. The number of carboxylic acid groups (broad SMARTS) is 2. The lowest BCUT2D eigenvalue weighted by molar-refractivity contribution is -0.162. The average Bonchev–Trinajstić information content (AvgIpc) is 2.52. The van der Waals surface area contributed by atoms with Gasteiger partial charge in [0.25, 0.3) is 0 Å². The van der Waals surface area contributed by atoms with E-state index in [1.807, 2.05) is 0 Å². The fraction of sp³-hybridized carbons (Fsp3) is 0.812. The Bertz CT molecular complexity index is 426. The average molecular weight is 312 g/mol. The van der Waals surface area contributed by atoms with Gasteiger partial charge in [0.05, 0.1) is 24.4 Å². The molecule has 0 amide bonds. The number of esters is 1. The Balaban J connectivity index is 1.85. The number of carbonyl (C=O) groups excluding carboxylic acids is 1. The topological polar surface area (TPSA) is 101 Å². The summed E-state index contributed by atoms with van der Waals surface area (Å²) in [5.41, 5.74) is 0. The molecule has 0 aromatic rings. The molecule has 22 heavy (non-hydrogen) atoms. The monoisotopic (exact) mass is 312 g/mol. The summed E-state index contributed by atoms with van der Waals surface area (Å²) in [5, 5.41) is 18.3. The Labute approximate surface area is 129 Å². The molecule has 2 aliphatic rings. The van der Waals surface area contributed by atoms with Crippen LogP contribution in [0.2, 0.25) is 0 Å². The van der Waals surface area contributed by atoms with Crippen LogP contribution in [0.1, 0.15) is 51.4 Å². The maximum absolute atomic E-state index is 12.1. The molecular formula is C16H24O6. The zero-order valence-electron chi connectivity index (χ0n) is 12.7. The summed E-state index contributed by atoms with van der Waals surface area (Å²) < 4.78 is 5.37. The minimum Gasteiger partial charge on any atom is -0.481 e. The molecule has 3 unspecified atom stereocenters. The third-order valence-corrected chi connectivity index (χ3v) is 5.00. The van der Waals surface area contributed by atoms with E-state index in [4.69, 9.17) is 9.84 Å². The zero-order valence-corrected chi connectivity index (χ0v) is 12.7. The SMILES string of the molecule is O=C(OCC1CCCCC1)C1CCC(C(=O)O)C(C(=O)O)C1. The number of hydrogen-bond donors (Lipinski definition) is 2. The van der Waals surface area contributed by atoms with Crippen LogP contribution in [0.4, 0.5) is 0 Å². The Morgan fingerprint density at radius 2 is 1.50 bits per heavy atom. The van der Waals surface area contributed by atoms with Crippen molar-refractivity contribution in [3.8, 4) is 0 Å².